The number of anilines is 1. The minimum absolute atomic E-state index is 0.182. The second-order valence-corrected chi connectivity index (χ2v) is 8.11. The van der Waals surface area contributed by atoms with Gasteiger partial charge in [0.25, 0.3) is 5.72 Å². The SMILES string of the molecule is Cc1ccc(CN2C(=S)N(c3ccccc3)[C@]3(O)c4ccccc4C(=O)[C@]23O)cc1. The van der Waals surface area contributed by atoms with Crippen molar-refractivity contribution in [2.45, 2.75) is 24.9 Å². The lowest BCUT2D eigenvalue weighted by molar-refractivity contribution is -0.156. The number of aryl methyl sites for hydroxylation is 1. The molecule has 0 spiro atoms. The van der Waals surface area contributed by atoms with Gasteiger partial charge in [-0.1, -0.05) is 72.3 Å². The van der Waals surface area contributed by atoms with Crippen LogP contribution in [0.25, 0.3) is 0 Å². The van der Waals surface area contributed by atoms with Crippen molar-refractivity contribution in [1.82, 2.24) is 4.90 Å². The molecule has 2 atom stereocenters. The Kier molecular flexibility index (Phi) is 4.08. The van der Waals surface area contributed by atoms with Crippen molar-refractivity contribution in [2.75, 3.05) is 4.90 Å². The topological polar surface area (TPSA) is 64.0 Å². The summed E-state index contributed by atoms with van der Waals surface area (Å²) in [5.41, 5.74) is -1.07. The van der Waals surface area contributed by atoms with Crippen molar-refractivity contribution in [3.05, 3.63) is 101 Å². The molecule has 30 heavy (non-hydrogen) atoms. The lowest BCUT2D eigenvalue weighted by Gasteiger charge is -2.37. The van der Waals surface area contributed by atoms with Crippen LogP contribution in [0, 0.1) is 6.92 Å². The highest BCUT2D eigenvalue weighted by Crippen LogP contribution is 2.54. The van der Waals surface area contributed by atoms with E-state index >= 15 is 0 Å². The number of fused-ring (bicyclic) bond motifs is 3. The van der Waals surface area contributed by atoms with Gasteiger partial charge in [0.15, 0.2) is 5.11 Å². The number of rotatable bonds is 3. The van der Waals surface area contributed by atoms with Crippen LogP contribution in [0.15, 0.2) is 78.9 Å². The van der Waals surface area contributed by atoms with E-state index < -0.39 is 17.2 Å². The number of para-hydroxylation sites is 1. The van der Waals surface area contributed by atoms with Crippen molar-refractivity contribution in [3.63, 3.8) is 0 Å². The molecule has 1 heterocycles. The molecule has 5 rings (SSSR count). The van der Waals surface area contributed by atoms with E-state index in [9.17, 15) is 15.0 Å². The normalized spacial score (nSPS) is 24.9. The van der Waals surface area contributed by atoms with Crippen molar-refractivity contribution in [1.29, 1.82) is 0 Å². The predicted molar refractivity (Wildman–Crippen MR) is 118 cm³/mol. The van der Waals surface area contributed by atoms with Crippen molar-refractivity contribution < 1.29 is 15.0 Å². The highest BCUT2D eigenvalue weighted by Gasteiger charge is 2.74. The fourth-order valence-electron chi connectivity index (χ4n) is 4.44. The summed E-state index contributed by atoms with van der Waals surface area (Å²) in [6.45, 7) is 2.17. The van der Waals surface area contributed by atoms with Crippen LogP contribution in [-0.4, -0.2) is 31.7 Å². The van der Waals surface area contributed by atoms with E-state index in [4.69, 9.17) is 12.2 Å². The number of thiocarbonyl (C=S) groups is 1. The summed E-state index contributed by atoms with van der Waals surface area (Å²) in [7, 11) is 0. The summed E-state index contributed by atoms with van der Waals surface area (Å²) in [5.74, 6) is -0.562. The molecule has 0 radical (unpaired) electrons. The quantitative estimate of drug-likeness (QED) is 0.639. The zero-order valence-electron chi connectivity index (χ0n) is 16.3. The van der Waals surface area contributed by atoms with Crippen LogP contribution in [0.1, 0.15) is 27.0 Å². The maximum absolute atomic E-state index is 13.4. The van der Waals surface area contributed by atoms with Crippen LogP contribution < -0.4 is 4.90 Å². The maximum atomic E-state index is 13.4. The van der Waals surface area contributed by atoms with Crippen LogP contribution in [-0.2, 0) is 12.3 Å². The first-order chi connectivity index (χ1) is 14.4. The summed E-state index contributed by atoms with van der Waals surface area (Å²) in [6.07, 6.45) is 0. The molecule has 0 unspecified atom stereocenters. The van der Waals surface area contributed by atoms with E-state index in [-0.39, 0.29) is 11.7 Å². The molecule has 1 fully saturated rings. The fourth-order valence-corrected chi connectivity index (χ4v) is 4.87. The van der Waals surface area contributed by atoms with E-state index in [1.165, 1.54) is 9.80 Å². The number of hydrogen-bond donors (Lipinski definition) is 2. The lowest BCUT2D eigenvalue weighted by atomic mass is 9.97. The van der Waals surface area contributed by atoms with Crippen LogP contribution >= 0.6 is 12.2 Å². The fraction of sp³-hybridized carbons (Fsp3) is 0.167. The molecule has 2 aliphatic rings. The summed E-state index contributed by atoms with van der Waals surface area (Å²) < 4.78 is 0. The highest BCUT2D eigenvalue weighted by molar-refractivity contribution is 7.80. The maximum Gasteiger partial charge on any atom is 0.259 e. The van der Waals surface area contributed by atoms with Gasteiger partial charge in [-0.15, -0.1) is 0 Å². The van der Waals surface area contributed by atoms with Gasteiger partial charge in [-0.3, -0.25) is 9.69 Å². The van der Waals surface area contributed by atoms with Crippen molar-refractivity contribution in [3.8, 4) is 0 Å². The summed E-state index contributed by atoms with van der Waals surface area (Å²) in [4.78, 5) is 16.4. The monoisotopic (exact) mass is 416 g/mol. The van der Waals surface area contributed by atoms with Crippen LogP contribution in [0.2, 0.25) is 0 Å². The van der Waals surface area contributed by atoms with E-state index in [0.717, 1.165) is 11.1 Å². The number of carbonyl (C=O) groups excluding carboxylic acids is 1. The van der Waals surface area contributed by atoms with Crippen molar-refractivity contribution in [2.24, 2.45) is 0 Å². The average Bonchev–Trinajstić information content (AvgIpc) is 3.05. The Labute approximate surface area is 179 Å². The second-order valence-electron chi connectivity index (χ2n) is 7.74. The first-order valence-corrected chi connectivity index (χ1v) is 10.1. The molecule has 150 valence electrons. The number of nitrogens with zero attached hydrogens (tertiary/aromatic N) is 2. The Morgan fingerprint density at radius 3 is 2.20 bits per heavy atom. The standard InChI is InChI=1S/C24H20N2O3S/c1-16-11-13-17(14-12-16)15-25-22(30)26(18-7-3-2-4-8-18)23(28)20-10-6-5-9-19(20)21(27)24(23,25)29/h2-14,28-29H,15H2,1H3/t23-,24+/m0/s1. The molecule has 2 N–H and O–H groups in total. The van der Waals surface area contributed by atoms with E-state index in [1.54, 1.807) is 36.4 Å². The number of hydrogen-bond acceptors (Lipinski definition) is 4. The third kappa shape index (κ3) is 2.29. The largest absolute Gasteiger partial charge is 0.362 e. The molecule has 1 saturated heterocycles. The second kappa shape index (κ2) is 6.47. The number of Topliss-reactive ketones (excluding diaryl/α,β-unsaturated/α-hetero) is 1. The number of benzene rings is 3. The minimum atomic E-state index is -2.24. The smallest absolute Gasteiger partial charge is 0.259 e. The van der Waals surface area contributed by atoms with E-state index in [0.29, 0.717) is 16.8 Å². The van der Waals surface area contributed by atoms with Crippen LogP contribution in [0.4, 0.5) is 5.69 Å². The zero-order valence-corrected chi connectivity index (χ0v) is 17.1. The molecule has 5 nitrogen and oxygen atoms in total. The highest BCUT2D eigenvalue weighted by atomic mass is 32.1. The summed E-state index contributed by atoms with van der Waals surface area (Å²) >= 11 is 5.73. The first kappa shape index (κ1) is 18.9. The van der Waals surface area contributed by atoms with Crippen molar-refractivity contribution >= 4 is 28.8 Å². The molecular formula is C24H20N2O3S. The summed E-state index contributed by atoms with van der Waals surface area (Å²) in [5, 5.41) is 24.1. The molecule has 0 amide bonds. The molecule has 0 saturated carbocycles. The Hall–Kier alpha value is -3.06. The molecule has 3 aromatic carbocycles. The molecule has 1 aliphatic heterocycles. The third-order valence-corrected chi connectivity index (χ3v) is 6.37. The predicted octanol–water partition coefficient (Wildman–Crippen LogP) is 3.33. The van der Waals surface area contributed by atoms with E-state index in [1.807, 2.05) is 49.4 Å². The van der Waals surface area contributed by atoms with Crippen LogP contribution in [0.3, 0.4) is 0 Å². The van der Waals surface area contributed by atoms with Gasteiger partial charge in [0.05, 0.1) is 0 Å². The molecule has 3 aromatic rings. The van der Waals surface area contributed by atoms with Gasteiger partial charge < -0.3 is 15.1 Å². The Morgan fingerprint density at radius 2 is 1.50 bits per heavy atom. The number of aliphatic hydroxyl groups is 2. The lowest BCUT2D eigenvalue weighted by Crippen LogP contribution is -2.60. The van der Waals surface area contributed by atoms with Gasteiger partial charge in [0.1, 0.15) is 0 Å². The van der Waals surface area contributed by atoms with E-state index in [2.05, 4.69) is 0 Å². The van der Waals surface area contributed by atoms with Gasteiger partial charge in [0.2, 0.25) is 11.5 Å². The Bertz CT molecular complexity index is 1160. The first-order valence-electron chi connectivity index (χ1n) is 9.70. The molecule has 6 heteroatoms. The van der Waals surface area contributed by atoms with Crippen LogP contribution in [0.5, 0.6) is 0 Å². The molecule has 1 aliphatic carbocycles. The van der Waals surface area contributed by atoms with Gasteiger partial charge in [-0.25, -0.2) is 0 Å². The Balaban J connectivity index is 1.72. The van der Waals surface area contributed by atoms with Gasteiger partial charge in [-0.2, -0.15) is 0 Å². The third-order valence-electron chi connectivity index (χ3n) is 5.96. The van der Waals surface area contributed by atoms with Gasteiger partial charge in [-0.05, 0) is 36.8 Å². The minimum Gasteiger partial charge on any atom is -0.362 e. The van der Waals surface area contributed by atoms with Gasteiger partial charge >= 0.3 is 0 Å². The van der Waals surface area contributed by atoms with Gasteiger partial charge in [0, 0.05) is 23.4 Å². The molecular weight excluding hydrogens is 396 g/mol. The average molecular weight is 417 g/mol. The number of ketones is 1. The number of carbonyl (C=O) groups is 1. The Morgan fingerprint density at radius 1 is 0.867 bits per heavy atom. The summed E-state index contributed by atoms with van der Waals surface area (Å²) in [6, 6.07) is 23.6. The zero-order chi connectivity index (χ0) is 21.1. The molecule has 0 bridgehead atoms. The molecule has 0 aromatic heterocycles.